The van der Waals surface area contributed by atoms with Crippen LogP contribution < -0.4 is 5.43 Å². The van der Waals surface area contributed by atoms with Crippen molar-refractivity contribution in [3.05, 3.63) is 0 Å². The minimum Gasteiger partial charge on any atom is -0.306 e. The first kappa shape index (κ1) is 8.55. The summed E-state index contributed by atoms with van der Waals surface area (Å²) in [5, 5.41) is 12.8. The molecule has 2 aliphatic carbocycles. The summed E-state index contributed by atoms with van der Waals surface area (Å²) in [6, 6.07) is 2.32. The van der Waals surface area contributed by atoms with Gasteiger partial charge in [-0.3, -0.25) is 0 Å². The zero-order valence-electron chi connectivity index (χ0n) is 7.95. The first-order valence-corrected chi connectivity index (χ1v) is 5.00. The number of hydrogen-bond acceptors (Lipinski definition) is 3. The zero-order chi connectivity index (χ0) is 9.26. The summed E-state index contributed by atoms with van der Waals surface area (Å²) in [7, 11) is 0. The standard InChI is InChI=1S/C10H15N3/c1-7(4-5-11)12-13-10-3-2-8-6-9(8)10/h7-9,12H,2-4,6H2,1H3/b13-10-/t7?,8-,9+/m0/s1. The minimum atomic E-state index is 0.190. The number of nitriles is 1. The fraction of sp³-hybridized carbons (Fsp3) is 0.800. The average molecular weight is 177 g/mol. The smallest absolute Gasteiger partial charge is 0.0643 e. The molecule has 0 aromatic carbocycles. The monoisotopic (exact) mass is 177 g/mol. The Morgan fingerprint density at radius 3 is 3.15 bits per heavy atom. The van der Waals surface area contributed by atoms with Gasteiger partial charge in [0.05, 0.1) is 18.5 Å². The van der Waals surface area contributed by atoms with E-state index in [1.807, 2.05) is 6.92 Å². The number of fused-ring (bicyclic) bond motifs is 1. The van der Waals surface area contributed by atoms with E-state index >= 15 is 0 Å². The molecule has 0 heterocycles. The van der Waals surface area contributed by atoms with Crippen LogP contribution in [-0.2, 0) is 0 Å². The Morgan fingerprint density at radius 2 is 2.62 bits per heavy atom. The van der Waals surface area contributed by atoms with Crippen LogP contribution in [0.5, 0.6) is 0 Å². The maximum atomic E-state index is 8.45. The largest absolute Gasteiger partial charge is 0.306 e. The molecule has 2 rings (SSSR count). The molecule has 70 valence electrons. The molecule has 0 aromatic rings. The van der Waals surface area contributed by atoms with E-state index in [1.165, 1.54) is 25.0 Å². The quantitative estimate of drug-likeness (QED) is 0.666. The second kappa shape index (κ2) is 3.37. The summed E-state index contributed by atoms with van der Waals surface area (Å²) < 4.78 is 0. The maximum absolute atomic E-state index is 8.45. The van der Waals surface area contributed by atoms with Gasteiger partial charge in [-0.25, -0.2) is 0 Å². The van der Waals surface area contributed by atoms with Crippen LogP contribution in [0.15, 0.2) is 5.10 Å². The lowest BCUT2D eigenvalue weighted by atomic mass is 10.2. The summed E-state index contributed by atoms with van der Waals surface area (Å²) in [4.78, 5) is 0. The van der Waals surface area contributed by atoms with E-state index in [9.17, 15) is 0 Å². The van der Waals surface area contributed by atoms with Crippen LogP contribution in [0.2, 0.25) is 0 Å². The lowest BCUT2D eigenvalue weighted by Crippen LogP contribution is -2.21. The van der Waals surface area contributed by atoms with Crippen LogP contribution in [-0.4, -0.2) is 11.8 Å². The average Bonchev–Trinajstić information content (AvgIpc) is 2.78. The van der Waals surface area contributed by atoms with Gasteiger partial charge in [-0.15, -0.1) is 0 Å². The van der Waals surface area contributed by atoms with Crippen LogP contribution in [0.25, 0.3) is 0 Å². The molecule has 1 unspecified atom stereocenters. The van der Waals surface area contributed by atoms with Crippen LogP contribution in [0.3, 0.4) is 0 Å². The topological polar surface area (TPSA) is 48.2 Å². The first-order chi connectivity index (χ1) is 6.31. The Morgan fingerprint density at radius 1 is 1.77 bits per heavy atom. The molecule has 0 aliphatic heterocycles. The first-order valence-electron chi connectivity index (χ1n) is 5.00. The van der Waals surface area contributed by atoms with Crippen molar-refractivity contribution in [2.24, 2.45) is 16.9 Å². The molecule has 0 saturated heterocycles. The predicted octanol–water partition coefficient (Wildman–Crippen LogP) is 1.66. The lowest BCUT2D eigenvalue weighted by molar-refractivity contribution is 0.581. The summed E-state index contributed by atoms with van der Waals surface area (Å²) in [6.07, 6.45) is 4.39. The molecule has 0 aromatic heterocycles. The predicted molar refractivity (Wildman–Crippen MR) is 51.1 cm³/mol. The van der Waals surface area contributed by atoms with Crippen molar-refractivity contribution in [3.63, 3.8) is 0 Å². The zero-order valence-corrected chi connectivity index (χ0v) is 7.95. The molecule has 13 heavy (non-hydrogen) atoms. The van der Waals surface area contributed by atoms with Crippen LogP contribution >= 0.6 is 0 Å². The van der Waals surface area contributed by atoms with Gasteiger partial charge in [0.25, 0.3) is 0 Å². The van der Waals surface area contributed by atoms with E-state index in [1.54, 1.807) is 0 Å². The molecule has 2 fully saturated rings. The molecule has 2 aliphatic rings. The van der Waals surface area contributed by atoms with Crippen molar-refractivity contribution in [1.82, 2.24) is 5.43 Å². The third kappa shape index (κ3) is 1.82. The fourth-order valence-corrected chi connectivity index (χ4v) is 2.01. The molecule has 0 radical (unpaired) electrons. The summed E-state index contributed by atoms with van der Waals surface area (Å²) in [5.74, 6) is 1.74. The number of hydrogen-bond donors (Lipinski definition) is 1. The fourth-order valence-electron chi connectivity index (χ4n) is 2.01. The van der Waals surface area contributed by atoms with Crippen LogP contribution in [0.1, 0.15) is 32.6 Å². The number of nitrogens with one attached hydrogen (secondary N) is 1. The van der Waals surface area contributed by atoms with Gasteiger partial charge >= 0.3 is 0 Å². The normalized spacial score (nSPS) is 35.2. The Balaban J connectivity index is 1.80. The highest BCUT2D eigenvalue weighted by Gasteiger charge is 2.45. The van der Waals surface area contributed by atoms with Crippen molar-refractivity contribution in [2.45, 2.75) is 38.6 Å². The van der Waals surface area contributed by atoms with Gasteiger partial charge in [0, 0.05) is 11.6 Å². The third-order valence-corrected chi connectivity index (χ3v) is 2.95. The summed E-state index contributed by atoms with van der Waals surface area (Å²) in [6.45, 7) is 1.99. The van der Waals surface area contributed by atoms with Gasteiger partial charge < -0.3 is 5.43 Å². The molecule has 0 spiro atoms. The Hall–Kier alpha value is -1.04. The minimum absolute atomic E-state index is 0.190. The van der Waals surface area contributed by atoms with Crippen molar-refractivity contribution in [3.8, 4) is 6.07 Å². The van der Waals surface area contributed by atoms with Gasteiger partial charge in [0.15, 0.2) is 0 Å². The molecule has 0 bridgehead atoms. The third-order valence-electron chi connectivity index (χ3n) is 2.95. The molecule has 1 N–H and O–H groups in total. The summed E-state index contributed by atoms with van der Waals surface area (Å²) in [5.41, 5.74) is 4.39. The number of nitrogens with zero attached hydrogens (tertiary/aromatic N) is 2. The maximum Gasteiger partial charge on any atom is 0.0643 e. The molecule has 0 amide bonds. The van der Waals surface area contributed by atoms with E-state index in [-0.39, 0.29) is 6.04 Å². The van der Waals surface area contributed by atoms with E-state index in [2.05, 4.69) is 16.6 Å². The Bertz CT molecular complexity index is 264. The molecule has 3 nitrogen and oxygen atoms in total. The highest BCUT2D eigenvalue weighted by molar-refractivity contribution is 5.91. The molecule has 3 heteroatoms. The van der Waals surface area contributed by atoms with Gasteiger partial charge in [-0.1, -0.05) is 0 Å². The Kier molecular flexibility index (Phi) is 2.22. The summed E-state index contributed by atoms with van der Waals surface area (Å²) >= 11 is 0. The van der Waals surface area contributed by atoms with Gasteiger partial charge in [-0.05, 0) is 32.1 Å². The van der Waals surface area contributed by atoms with E-state index < -0.39 is 0 Å². The van der Waals surface area contributed by atoms with E-state index in [0.717, 1.165) is 11.8 Å². The molecule has 2 saturated carbocycles. The van der Waals surface area contributed by atoms with E-state index in [4.69, 9.17) is 5.26 Å². The second-order valence-corrected chi connectivity index (χ2v) is 4.14. The molecule has 3 atom stereocenters. The van der Waals surface area contributed by atoms with E-state index in [0.29, 0.717) is 6.42 Å². The SMILES string of the molecule is CC(CC#N)N/N=C1/CC[C@H]2C[C@@H]12. The van der Waals surface area contributed by atoms with Crippen molar-refractivity contribution < 1.29 is 0 Å². The Labute approximate surface area is 78.8 Å². The van der Waals surface area contributed by atoms with Crippen LogP contribution in [0, 0.1) is 23.2 Å². The number of rotatable bonds is 3. The lowest BCUT2D eigenvalue weighted by Gasteiger charge is -2.07. The van der Waals surface area contributed by atoms with Gasteiger partial charge in [0.2, 0.25) is 0 Å². The molecular formula is C10H15N3. The van der Waals surface area contributed by atoms with Crippen molar-refractivity contribution in [2.75, 3.05) is 0 Å². The molecular weight excluding hydrogens is 162 g/mol. The van der Waals surface area contributed by atoms with Gasteiger partial charge in [0.1, 0.15) is 0 Å². The number of hydrazone groups is 1. The van der Waals surface area contributed by atoms with Gasteiger partial charge in [-0.2, -0.15) is 10.4 Å². The highest BCUT2D eigenvalue weighted by Crippen LogP contribution is 2.49. The van der Waals surface area contributed by atoms with Crippen molar-refractivity contribution in [1.29, 1.82) is 5.26 Å². The second-order valence-electron chi connectivity index (χ2n) is 4.14. The van der Waals surface area contributed by atoms with Crippen LogP contribution in [0.4, 0.5) is 0 Å². The highest BCUT2D eigenvalue weighted by atomic mass is 15.3. The van der Waals surface area contributed by atoms with Crippen molar-refractivity contribution >= 4 is 5.71 Å².